The van der Waals surface area contributed by atoms with Crippen LogP contribution >= 0.6 is 11.3 Å². The summed E-state index contributed by atoms with van der Waals surface area (Å²) >= 11 is 1.61. The van der Waals surface area contributed by atoms with E-state index in [1.807, 2.05) is 28.5 Å². The van der Waals surface area contributed by atoms with Crippen molar-refractivity contribution in [2.24, 2.45) is 0 Å². The Balaban J connectivity index is 1.48. The van der Waals surface area contributed by atoms with Crippen molar-refractivity contribution < 1.29 is 4.79 Å². The van der Waals surface area contributed by atoms with Gasteiger partial charge in [0.25, 0.3) is 5.91 Å². The molecule has 25 heavy (non-hydrogen) atoms. The van der Waals surface area contributed by atoms with Crippen LogP contribution in [0.2, 0.25) is 0 Å². The summed E-state index contributed by atoms with van der Waals surface area (Å²) in [5, 5.41) is 12.6. The number of thiophene rings is 1. The first kappa shape index (κ1) is 16.1. The summed E-state index contributed by atoms with van der Waals surface area (Å²) < 4.78 is 0. The normalized spacial score (nSPS) is 17.6. The zero-order valence-corrected chi connectivity index (χ0v) is 14.6. The highest BCUT2D eigenvalue weighted by molar-refractivity contribution is 7.13. The molecule has 1 aliphatic rings. The molecule has 1 aliphatic heterocycles. The fraction of sp³-hybridized carbons (Fsp3) is 0.263. The molecule has 6 heteroatoms. The first-order chi connectivity index (χ1) is 12.3. The van der Waals surface area contributed by atoms with Crippen LogP contribution in [0.4, 0.5) is 0 Å². The van der Waals surface area contributed by atoms with Crippen LogP contribution in [0, 0.1) is 0 Å². The SMILES string of the molecule is O=C(c1cn[nH]c1-c1cccs1)N1CCNC(Cc2ccccc2)C1. The van der Waals surface area contributed by atoms with Gasteiger partial charge in [-0.1, -0.05) is 36.4 Å². The highest BCUT2D eigenvalue weighted by Crippen LogP contribution is 2.27. The minimum absolute atomic E-state index is 0.0525. The summed E-state index contributed by atoms with van der Waals surface area (Å²) in [6.07, 6.45) is 2.57. The van der Waals surface area contributed by atoms with Crippen molar-refractivity contribution in [1.29, 1.82) is 0 Å². The van der Waals surface area contributed by atoms with Crippen LogP contribution in [0.3, 0.4) is 0 Å². The molecule has 0 saturated carbocycles. The molecule has 1 fully saturated rings. The molecule has 0 radical (unpaired) electrons. The lowest BCUT2D eigenvalue weighted by Gasteiger charge is -2.33. The molecule has 2 aromatic heterocycles. The van der Waals surface area contributed by atoms with E-state index in [0.29, 0.717) is 12.1 Å². The number of carbonyl (C=O) groups excluding carboxylic acids is 1. The van der Waals surface area contributed by atoms with Crippen molar-refractivity contribution in [3.8, 4) is 10.6 Å². The number of nitrogens with one attached hydrogen (secondary N) is 2. The summed E-state index contributed by atoms with van der Waals surface area (Å²) in [5.41, 5.74) is 2.76. The van der Waals surface area contributed by atoms with Gasteiger partial charge in [-0.25, -0.2) is 0 Å². The Bertz CT molecular complexity index is 828. The first-order valence-electron chi connectivity index (χ1n) is 8.45. The summed E-state index contributed by atoms with van der Waals surface area (Å²) in [6.45, 7) is 2.25. The van der Waals surface area contributed by atoms with Gasteiger partial charge in [-0.2, -0.15) is 5.10 Å². The quantitative estimate of drug-likeness (QED) is 0.759. The third-order valence-electron chi connectivity index (χ3n) is 4.50. The van der Waals surface area contributed by atoms with E-state index in [9.17, 15) is 4.79 Å². The summed E-state index contributed by atoms with van der Waals surface area (Å²) in [4.78, 5) is 16.0. The molecule has 1 aromatic carbocycles. The van der Waals surface area contributed by atoms with E-state index in [2.05, 4.69) is 39.8 Å². The Morgan fingerprint density at radius 2 is 2.12 bits per heavy atom. The molecular formula is C19H20N4OS. The van der Waals surface area contributed by atoms with Gasteiger partial charge in [-0.15, -0.1) is 11.3 Å². The van der Waals surface area contributed by atoms with Gasteiger partial charge in [-0.3, -0.25) is 9.89 Å². The number of hydrogen-bond donors (Lipinski definition) is 2. The van der Waals surface area contributed by atoms with E-state index < -0.39 is 0 Å². The lowest BCUT2D eigenvalue weighted by atomic mass is 10.0. The maximum absolute atomic E-state index is 13.0. The Labute approximate surface area is 150 Å². The molecule has 1 saturated heterocycles. The summed E-state index contributed by atoms with van der Waals surface area (Å²) in [5.74, 6) is 0.0525. The number of aromatic nitrogens is 2. The number of carbonyl (C=O) groups is 1. The fourth-order valence-corrected chi connectivity index (χ4v) is 4.01. The third-order valence-corrected chi connectivity index (χ3v) is 5.39. The van der Waals surface area contributed by atoms with Gasteiger partial charge in [-0.05, 0) is 23.4 Å². The second kappa shape index (κ2) is 7.21. The fourth-order valence-electron chi connectivity index (χ4n) is 3.27. The van der Waals surface area contributed by atoms with Gasteiger partial charge in [0, 0.05) is 25.7 Å². The molecule has 3 heterocycles. The summed E-state index contributed by atoms with van der Waals surface area (Å²) in [6, 6.07) is 14.7. The Hall–Kier alpha value is -2.44. The maximum atomic E-state index is 13.0. The van der Waals surface area contributed by atoms with Crippen LogP contribution in [0.15, 0.2) is 54.0 Å². The molecule has 1 unspecified atom stereocenters. The van der Waals surface area contributed by atoms with E-state index >= 15 is 0 Å². The number of H-pyrrole nitrogens is 1. The second-order valence-corrected chi connectivity index (χ2v) is 7.18. The Morgan fingerprint density at radius 3 is 2.92 bits per heavy atom. The van der Waals surface area contributed by atoms with Crippen molar-refractivity contribution in [3.05, 3.63) is 65.2 Å². The molecular weight excluding hydrogens is 332 g/mol. The van der Waals surface area contributed by atoms with E-state index in [0.717, 1.165) is 30.1 Å². The second-order valence-electron chi connectivity index (χ2n) is 6.23. The van der Waals surface area contributed by atoms with Crippen molar-refractivity contribution in [3.63, 3.8) is 0 Å². The van der Waals surface area contributed by atoms with Gasteiger partial charge in [0.15, 0.2) is 0 Å². The summed E-state index contributed by atoms with van der Waals surface area (Å²) in [7, 11) is 0. The van der Waals surface area contributed by atoms with Crippen molar-refractivity contribution in [2.45, 2.75) is 12.5 Å². The lowest BCUT2D eigenvalue weighted by molar-refractivity contribution is 0.0704. The zero-order valence-electron chi connectivity index (χ0n) is 13.8. The number of rotatable bonds is 4. The minimum Gasteiger partial charge on any atom is -0.336 e. The van der Waals surface area contributed by atoms with Crippen molar-refractivity contribution in [2.75, 3.05) is 19.6 Å². The molecule has 0 aliphatic carbocycles. The van der Waals surface area contributed by atoms with Crippen LogP contribution in [0.25, 0.3) is 10.6 Å². The van der Waals surface area contributed by atoms with Crippen LogP contribution < -0.4 is 5.32 Å². The van der Waals surface area contributed by atoms with E-state index in [4.69, 9.17) is 0 Å². The van der Waals surface area contributed by atoms with Crippen LogP contribution in [-0.2, 0) is 6.42 Å². The van der Waals surface area contributed by atoms with Gasteiger partial charge >= 0.3 is 0 Å². The predicted octanol–water partition coefficient (Wildman–Crippen LogP) is 2.79. The number of nitrogens with zero attached hydrogens (tertiary/aromatic N) is 2. The zero-order chi connectivity index (χ0) is 17.1. The molecule has 2 N–H and O–H groups in total. The first-order valence-corrected chi connectivity index (χ1v) is 9.33. The van der Waals surface area contributed by atoms with Gasteiger partial charge < -0.3 is 10.2 Å². The molecule has 4 rings (SSSR count). The van der Waals surface area contributed by atoms with Gasteiger partial charge in [0.1, 0.15) is 0 Å². The Kier molecular flexibility index (Phi) is 4.63. The predicted molar refractivity (Wildman–Crippen MR) is 99.7 cm³/mol. The molecule has 0 spiro atoms. The number of hydrogen-bond acceptors (Lipinski definition) is 4. The molecule has 1 atom stereocenters. The number of amides is 1. The van der Waals surface area contributed by atoms with Crippen molar-refractivity contribution in [1.82, 2.24) is 20.4 Å². The van der Waals surface area contributed by atoms with Crippen LogP contribution in [-0.4, -0.2) is 46.7 Å². The Morgan fingerprint density at radius 1 is 1.24 bits per heavy atom. The maximum Gasteiger partial charge on any atom is 0.257 e. The molecule has 5 nitrogen and oxygen atoms in total. The lowest BCUT2D eigenvalue weighted by Crippen LogP contribution is -2.53. The smallest absolute Gasteiger partial charge is 0.257 e. The van der Waals surface area contributed by atoms with E-state index in [-0.39, 0.29) is 11.9 Å². The highest BCUT2D eigenvalue weighted by Gasteiger charge is 2.27. The van der Waals surface area contributed by atoms with Gasteiger partial charge in [0.05, 0.1) is 22.3 Å². The van der Waals surface area contributed by atoms with Crippen LogP contribution in [0.1, 0.15) is 15.9 Å². The monoisotopic (exact) mass is 352 g/mol. The van der Waals surface area contributed by atoms with Crippen LogP contribution in [0.5, 0.6) is 0 Å². The largest absolute Gasteiger partial charge is 0.336 e. The molecule has 0 bridgehead atoms. The van der Waals surface area contributed by atoms with Gasteiger partial charge in [0.2, 0.25) is 0 Å². The molecule has 1 amide bonds. The van der Waals surface area contributed by atoms with E-state index in [1.54, 1.807) is 17.5 Å². The number of piperazine rings is 1. The highest BCUT2D eigenvalue weighted by atomic mass is 32.1. The molecule has 3 aromatic rings. The minimum atomic E-state index is 0.0525. The van der Waals surface area contributed by atoms with Crippen molar-refractivity contribution >= 4 is 17.2 Å². The van der Waals surface area contributed by atoms with E-state index in [1.165, 1.54) is 5.56 Å². The topological polar surface area (TPSA) is 61.0 Å². The third kappa shape index (κ3) is 3.50. The average molecular weight is 352 g/mol. The standard InChI is InChI=1S/C19H20N4OS/c24-19(16-12-21-22-18(16)17-7-4-10-25-17)23-9-8-20-15(13-23)11-14-5-2-1-3-6-14/h1-7,10,12,15,20H,8-9,11,13H2,(H,21,22). The number of aromatic amines is 1. The average Bonchev–Trinajstić information content (AvgIpc) is 3.33. The molecule has 128 valence electrons. The number of benzene rings is 1.